The van der Waals surface area contributed by atoms with E-state index in [9.17, 15) is 34.5 Å². The first-order valence-corrected chi connectivity index (χ1v) is 10.1. The molecule has 5 unspecified atom stereocenters. The number of aliphatic hydroxyl groups is 1. The summed E-state index contributed by atoms with van der Waals surface area (Å²) in [6, 6.07) is 0.981. The minimum absolute atomic E-state index is 0.0151. The number of hydrogen-bond acceptors (Lipinski definition) is 8. The van der Waals surface area contributed by atoms with Crippen LogP contribution in [0.15, 0.2) is 24.3 Å². The third-order valence-electron chi connectivity index (χ3n) is 4.28. The third kappa shape index (κ3) is 8.44. The summed E-state index contributed by atoms with van der Waals surface area (Å²) in [6.45, 7) is 2.68. The summed E-state index contributed by atoms with van der Waals surface area (Å²) in [5.74, 6) is -3.79. The Labute approximate surface area is 184 Å². The highest BCUT2D eigenvalue weighted by Gasteiger charge is 2.31. The van der Waals surface area contributed by atoms with Gasteiger partial charge in [-0.15, -0.1) is 0 Å². The number of amides is 3. The molecule has 0 aliphatic rings. The maximum absolute atomic E-state index is 12.5. The van der Waals surface area contributed by atoms with Gasteiger partial charge in [0.05, 0.1) is 12.1 Å². The molecule has 31 heavy (non-hydrogen) atoms. The SMILES string of the molecule is CC(N)C(=O)NC(C(=O)NC(CS)C(=O)NC(Cc1ccc(O)cc1)C(=O)O)C(C)O. The second-order valence-electron chi connectivity index (χ2n) is 7.03. The molecule has 1 aromatic rings. The van der Waals surface area contributed by atoms with E-state index in [1.807, 2.05) is 0 Å². The van der Waals surface area contributed by atoms with Gasteiger partial charge in [0.15, 0.2) is 0 Å². The summed E-state index contributed by atoms with van der Waals surface area (Å²) < 4.78 is 0. The maximum Gasteiger partial charge on any atom is 0.326 e. The molecule has 0 bridgehead atoms. The average Bonchev–Trinajstić information content (AvgIpc) is 2.70. The Morgan fingerprint density at radius 2 is 1.52 bits per heavy atom. The predicted molar refractivity (Wildman–Crippen MR) is 114 cm³/mol. The number of carbonyl (C=O) groups is 4. The van der Waals surface area contributed by atoms with E-state index in [4.69, 9.17) is 5.73 Å². The Hall–Kier alpha value is -2.83. The molecule has 12 heteroatoms. The van der Waals surface area contributed by atoms with E-state index in [-0.39, 0.29) is 17.9 Å². The molecule has 0 fully saturated rings. The highest BCUT2D eigenvalue weighted by Crippen LogP contribution is 2.11. The number of nitrogens with two attached hydrogens (primary N) is 1. The number of benzene rings is 1. The van der Waals surface area contributed by atoms with Crippen molar-refractivity contribution in [1.82, 2.24) is 16.0 Å². The Morgan fingerprint density at radius 3 is 1.97 bits per heavy atom. The zero-order valence-corrected chi connectivity index (χ0v) is 18.0. The van der Waals surface area contributed by atoms with Crippen molar-refractivity contribution in [2.45, 2.75) is 50.5 Å². The number of phenolic OH excluding ortho intramolecular Hbond substituents is 1. The topological polar surface area (TPSA) is 191 Å². The van der Waals surface area contributed by atoms with Crippen molar-refractivity contribution in [3.8, 4) is 5.75 Å². The van der Waals surface area contributed by atoms with Gasteiger partial charge in [0.2, 0.25) is 17.7 Å². The number of hydrogen-bond donors (Lipinski definition) is 8. The number of phenols is 1. The predicted octanol–water partition coefficient (Wildman–Crippen LogP) is -1.87. The van der Waals surface area contributed by atoms with Crippen LogP contribution in [0.3, 0.4) is 0 Å². The molecule has 0 radical (unpaired) electrons. The Morgan fingerprint density at radius 1 is 0.968 bits per heavy atom. The van der Waals surface area contributed by atoms with E-state index in [2.05, 4.69) is 28.6 Å². The van der Waals surface area contributed by atoms with Crippen LogP contribution in [0.2, 0.25) is 0 Å². The van der Waals surface area contributed by atoms with Crippen LogP contribution >= 0.6 is 12.6 Å². The fourth-order valence-electron chi connectivity index (χ4n) is 2.49. The standard InChI is InChI=1S/C19H28N4O7S/c1-9(20)16(26)23-15(10(2)24)18(28)22-14(8-31)17(27)21-13(19(29)30)7-11-3-5-12(25)6-4-11/h3-6,9-10,13-15,24-25,31H,7-8,20H2,1-2H3,(H,21,27)(H,22,28)(H,23,26)(H,29,30). The van der Waals surface area contributed by atoms with Crippen LogP contribution in [0.25, 0.3) is 0 Å². The van der Waals surface area contributed by atoms with Gasteiger partial charge in [0.25, 0.3) is 0 Å². The molecule has 0 aromatic heterocycles. The van der Waals surface area contributed by atoms with Gasteiger partial charge in [-0.25, -0.2) is 4.79 Å². The molecule has 1 rings (SSSR count). The number of carboxylic acids is 1. The van der Waals surface area contributed by atoms with Crippen LogP contribution in [0, 0.1) is 0 Å². The van der Waals surface area contributed by atoms with Crippen LogP contribution in [0.1, 0.15) is 19.4 Å². The van der Waals surface area contributed by atoms with Gasteiger partial charge in [-0.1, -0.05) is 12.1 Å². The van der Waals surface area contributed by atoms with Crippen molar-refractivity contribution in [3.63, 3.8) is 0 Å². The van der Waals surface area contributed by atoms with Crippen LogP contribution in [0.4, 0.5) is 0 Å². The first-order valence-electron chi connectivity index (χ1n) is 9.42. The van der Waals surface area contributed by atoms with Gasteiger partial charge in [0.1, 0.15) is 23.9 Å². The minimum Gasteiger partial charge on any atom is -0.508 e. The number of carboxylic acid groups (broad SMARTS) is 1. The fourth-order valence-corrected chi connectivity index (χ4v) is 2.74. The van der Waals surface area contributed by atoms with E-state index in [0.717, 1.165) is 0 Å². The number of aliphatic carboxylic acids is 1. The van der Waals surface area contributed by atoms with Crippen molar-refractivity contribution in [2.75, 3.05) is 5.75 Å². The van der Waals surface area contributed by atoms with Gasteiger partial charge in [-0.3, -0.25) is 14.4 Å². The second kappa shape index (κ2) is 12.1. The van der Waals surface area contributed by atoms with E-state index in [0.29, 0.717) is 5.56 Å². The number of carbonyl (C=O) groups excluding carboxylic acids is 3. The van der Waals surface area contributed by atoms with E-state index in [1.165, 1.54) is 38.1 Å². The van der Waals surface area contributed by atoms with Crippen molar-refractivity contribution < 1.29 is 34.5 Å². The average molecular weight is 457 g/mol. The van der Waals surface area contributed by atoms with Crippen LogP contribution in [0.5, 0.6) is 5.75 Å². The van der Waals surface area contributed by atoms with Gasteiger partial charge in [-0.2, -0.15) is 12.6 Å². The summed E-state index contributed by atoms with van der Waals surface area (Å²) >= 11 is 4.02. The lowest BCUT2D eigenvalue weighted by Gasteiger charge is -2.25. The van der Waals surface area contributed by atoms with Gasteiger partial charge in [-0.05, 0) is 31.5 Å². The van der Waals surface area contributed by atoms with E-state index < -0.39 is 54.0 Å². The monoisotopic (exact) mass is 456 g/mol. The van der Waals surface area contributed by atoms with Gasteiger partial charge < -0.3 is 37.0 Å². The number of nitrogens with one attached hydrogen (secondary N) is 3. The number of thiol groups is 1. The van der Waals surface area contributed by atoms with E-state index >= 15 is 0 Å². The Kier molecular flexibility index (Phi) is 10.3. The fraction of sp³-hybridized carbons (Fsp3) is 0.474. The lowest BCUT2D eigenvalue weighted by molar-refractivity contribution is -0.142. The number of rotatable bonds is 11. The zero-order valence-electron chi connectivity index (χ0n) is 17.1. The molecule has 1 aromatic carbocycles. The maximum atomic E-state index is 12.5. The minimum atomic E-state index is -1.37. The lowest BCUT2D eigenvalue weighted by atomic mass is 10.1. The second-order valence-corrected chi connectivity index (χ2v) is 7.39. The zero-order chi connectivity index (χ0) is 23.7. The lowest BCUT2D eigenvalue weighted by Crippen LogP contribution is -2.60. The molecule has 0 spiro atoms. The molecule has 3 amide bonds. The number of aliphatic hydroxyl groups excluding tert-OH is 1. The van der Waals surface area contributed by atoms with Crippen LogP contribution < -0.4 is 21.7 Å². The Bertz CT molecular complexity index is 786. The van der Waals surface area contributed by atoms with E-state index in [1.54, 1.807) is 0 Å². The molecule has 0 saturated carbocycles. The summed E-state index contributed by atoms with van der Waals surface area (Å²) in [6.07, 6.45) is -1.34. The smallest absolute Gasteiger partial charge is 0.326 e. The molecular weight excluding hydrogens is 428 g/mol. The summed E-state index contributed by atoms with van der Waals surface area (Å²) in [4.78, 5) is 48.3. The van der Waals surface area contributed by atoms with Crippen molar-refractivity contribution in [3.05, 3.63) is 29.8 Å². The molecule has 5 atom stereocenters. The first-order chi connectivity index (χ1) is 14.5. The molecule has 0 heterocycles. The van der Waals surface area contributed by atoms with Crippen molar-refractivity contribution in [1.29, 1.82) is 0 Å². The molecule has 172 valence electrons. The molecule has 11 nitrogen and oxygen atoms in total. The van der Waals surface area contributed by atoms with Gasteiger partial charge >= 0.3 is 5.97 Å². The first kappa shape index (κ1) is 26.2. The Balaban J connectivity index is 2.84. The summed E-state index contributed by atoms with van der Waals surface area (Å²) in [7, 11) is 0. The highest BCUT2D eigenvalue weighted by atomic mass is 32.1. The molecule has 0 saturated heterocycles. The largest absolute Gasteiger partial charge is 0.508 e. The molecular formula is C19H28N4O7S. The quantitative estimate of drug-likeness (QED) is 0.178. The molecule has 8 N–H and O–H groups in total. The number of aromatic hydroxyl groups is 1. The summed E-state index contributed by atoms with van der Waals surface area (Å²) in [5.41, 5.74) is 6.00. The van der Waals surface area contributed by atoms with Crippen LogP contribution in [-0.2, 0) is 25.6 Å². The molecule has 0 aliphatic carbocycles. The van der Waals surface area contributed by atoms with Crippen molar-refractivity contribution >= 4 is 36.3 Å². The molecule has 0 aliphatic heterocycles. The van der Waals surface area contributed by atoms with Crippen molar-refractivity contribution in [2.24, 2.45) is 5.73 Å². The normalized spacial score (nSPS) is 15.6. The van der Waals surface area contributed by atoms with Crippen LogP contribution in [-0.4, -0.2) is 75.0 Å². The third-order valence-corrected chi connectivity index (χ3v) is 4.65. The van der Waals surface area contributed by atoms with Gasteiger partial charge in [0, 0.05) is 12.2 Å². The summed E-state index contributed by atoms with van der Waals surface area (Å²) in [5, 5.41) is 35.5. The highest BCUT2D eigenvalue weighted by molar-refractivity contribution is 7.80.